The van der Waals surface area contributed by atoms with Crippen LogP contribution in [0.3, 0.4) is 0 Å². The third-order valence-corrected chi connectivity index (χ3v) is 1.71. The van der Waals surface area contributed by atoms with Crippen LogP contribution in [0.2, 0.25) is 0 Å². The first-order valence-corrected chi connectivity index (χ1v) is 3.78. The number of carbonyl (C=O) groups is 1. The van der Waals surface area contributed by atoms with E-state index in [0.29, 0.717) is 6.20 Å². The standard InChI is InChI=1S/C9H6F3NO2/c1-5(8(14)15)6-2-3-13-4-7(6)9(10,11)12/h2-4H,1H2,(H,14,15). The third-order valence-electron chi connectivity index (χ3n) is 1.71. The van der Waals surface area contributed by atoms with Gasteiger partial charge in [0.15, 0.2) is 0 Å². The highest BCUT2D eigenvalue weighted by Crippen LogP contribution is 2.33. The van der Waals surface area contributed by atoms with Gasteiger partial charge in [0.1, 0.15) is 0 Å². The SMILES string of the molecule is C=C(C(=O)O)c1ccncc1C(F)(F)F. The molecule has 3 nitrogen and oxygen atoms in total. The highest BCUT2D eigenvalue weighted by atomic mass is 19.4. The van der Waals surface area contributed by atoms with E-state index in [1.165, 1.54) is 0 Å². The van der Waals surface area contributed by atoms with Gasteiger partial charge in [0.05, 0.1) is 11.1 Å². The fraction of sp³-hybridized carbons (Fsp3) is 0.111. The van der Waals surface area contributed by atoms with Crippen LogP contribution >= 0.6 is 0 Å². The fourth-order valence-corrected chi connectivity index (χ4v) is 0.999. The van der Waals surface area contributed by atoms with Crippen LogP contribution in [0.1, 0.15) is 11.1 Å². The summed E-state index contributed by atoms with van der Waals surface area (Å²) in [4.78, 5) is 13.8. The van der Waals surface area contributed by atoms with Crippen molar-refractivity contribution in [3.63, 3.8) is 0 Å². The number of rotatable bonds is 2. The zero-order valence-electron chi connectivity index (χ0n) is 7.38. The van der Waals surface area contributed by atoms with Gasteiger partial charge in [-0.25, -0.2) is 4.79 Å². The van der Waals surface area contributed by atoms with E-state index in [1.54, 1.807) is 0 Å². The number of hydrogen-bond acceptors (Lipinski definition) is 2. The molecular weight excluding hydrogens is 211 g/mol. The fourth-order valence-electron chi connectivity index (χ4n) is 0.999. The Labute approximate surface area is 82.9 Å². The predicted molar refractivity (Wildman–Crippen MR) is 45.9 cm³/mol. The molecule has 0 aliphatic carbocycles. The first-order valence-electron chi connectivity index (χ1n) is 3.78. The summed E-state index contributed by atoms with van der Waals surface area (Å²) in [5, 5.41) is 8.54. The van der Waals surface area contributed by atoms with Gasteiger partial charge in [-0.3, -0.25) is 4.98 Å². The van der Waals surface area contributed by atoms with Crippen molar-refractivity contribution in [1.29, 1.82) is 0 Å². The Morgan fingerprint density at radius 3 is 2.53 bits per heavy atom. The van der Waals surface area contributed by atoms with Gasteiger partial charge in [-0.2, -0.15) is 13.2 Å². The minimum absolute atomic E-state index is 0.468. The van der Waals surface area contributed by atoms with Crippen LogP contribution in [0.5, 0.6) is 0 Å². The largest absolute Gasteiger partial charge is 0.478 e. The predicted octanol–water partition coefficient (Wildman–Crippen LogP) is 2.20. The van der Waals surface area contributed by atoms with E-state index >= 15 is 0 Å². The molecule has 0 unspecified atom stereocenters. The van der Waals surface area contributed by atoms with Crippen LogP contribution in [0.4, 0.5) is 13.2 Å². The third kappa shape index (κ3) is 2.34. The summed E-state index contributed by atoms with van der Waals surface area (Å²) in [5.41, 5.74) is -2.17. The Balaban J connectivity index is 3.31. The number of carboxylic acid groups (broad SMARTS) is 1. The molecule has 0 amide bonds. The first kappa shape index (κ1) is 11.2. The molecule has 1 aromatic heterocycles. The topological polar surface area (TPSA) is 50.2 Å². The summed E-state index contributed by atoms with van der Waals surface area (Å²) in [6, 6.07) is 0.972. The number of nitrogens with zero attached hydrogens (tertiary/aromatic N) is 1. The second-order valence-corrected chi connectivity index (χ2v) is 2.70. The molecule has 15 heavy (non-hydrogen) atoms. The highest BCUT2D eigenvalue weighted by Gasteiger charge is 2.34. The molecule has 0 atom stereocenters. The molecular formula is C9H6F3NO2. The van der Waals surface area contributed by atoms with E-state index in [1.807, 2.05) is 0 Å². The lowest BCUT2D eigenvalue weighted by atomic mass is 10.0. The first-order chi connectivity index (χ1) is 6.84. The van der Waals surface area contributed by atoms with Gasteiger partial charge >= 0.3 is 12.1 Å². The van der Waals surface area contributed by atoms with Crippen LogP contribution in [0, 0.1) is 0 Å². The van der Waals surface area contributed by atoms with Gasteiger partial charge in [-0.1, -0.05) is 6.58 Å². The number of halogens is 3. The lowest BCUT2D eigenvalue weighted by molar-refractivity contribution is -0.138. The molecule has 0 aromatic carbocycles. The van der Waals surface area contributed by atoms with Crippen molar-refractivity contribution >= 4 is 11.5 Å². The summed E-state index contributed by atoms with van der Waals surface area (Å²) in [5.74, 6) is -1.49. The van der Waals surface area contributed by atoms with Gasteiger partial charge in [-0.05, 0) is 6.07 Å². The van der Waals surface area contributed by atoms with E-state index in [9.17, 15) is 18.0 Å². The monoisotopic (exact) mass is 217 g/mol. The maximum atomic E-state index is 12.4. The van der Waals surface area contributed by atoms with Gasteiger partial charge in [-0.15, -0.1) is 0 Å². The number of pyridine rings is 1. The molecule has 1 N–H and O–H groups in total. The quantitative estimate of drug-likeness (QED) is 0.772. The molecule has 0 bridgehead atoms. The average molecular weight is 217 g/mol. The second kappa shape index (κ2) is 3.72. The minimum atomic E-state index is -4.64. The van der Waals surface area contributed by atoms with Crippen LogP contribution < -0.4 is 0 Å². The highest BCUT2D eigenvalue weighted by molar-refractivity contribution is 6.14. The molecule has 0 fully saturated rings. The van der Waals surface area contributed by atoms with Crippen molar-refractivity contribution in [3.05, 3.63) is 36.2 Å². The smallest absolute Gasteiger partial charge is 0.418 e. The molecule has 0 saturated carbocycles. The number of carboxylic acids is 1. The van der Waals surface area contributed by atoms with Crippen LogP contribution in [-0.4, -0.2) is 16.1 Å². The van der Waals surface area contributed by atoms with Crippen molar-refractivity contribution in [2.45, 2.75) is 6.18 Å². The van der Waals surface area contributed by atoms with Crippen LogP contribution in [0.15, 0.2) is 25.0 Å². The average Bonchev–Trinajstić information content (AvgIpc) is 2.15. The van der Waals surface area contributed by atoms with Gasteiger partial charge in [0.25, 0.3) is 0 Å². The minimum Gasteiger partial charge on any atom is -0.478 e. The number of hydrogen-bond donors (Lipinski definition) is 1. The Morgan fingerprint density at radius 1 is 1.47 bits per heavy atom. The number of alkyl halides is 3. The van der Waals surface area contributed by atoms with Crippen molar-refractivity contribution in [3.8, 4) is 0 Å². The zero-order valence-corrected chi connectivity index (χ0v) is 7.38. The Hall–Kier alpha value is -1.85. The lowest BCUT2D eigenvalue weighted by Gasteiger charge is -2.11. The Bertz CT molecular complexity index is 412. The van der Waals surface area contributed by atoms with E-state index in [2.05, 4.69) is 11.6 Å². The lowest BCUT2D eigenvalue weighted by Crippen LogP contribution is -2.11. The molecule has 0 aliphatic heterocycles. The summed E-state index contributed by atoms with van der Waals surface area (Å²) in [7, 11) is 0. The maximum absolute atomic E-state index is 12.4. The summed E-state index contributed by atoms with van der Waals surface area (Å²) in [6.07, 6.45) is -2.98. The van der Waals surface area contributed by atoms with Crippen molar-refractivity contribution in [1.82, 2.24) is 4.98 Å². The normalized spacial score (nSPS) is 11.1. The van der Waals surface area contributed by atoms with E-state index in [0.717, 1.165) is 12.3 Å². The molecule has 1 heterocycles. The van der Waals surface area contributed by atoms with Gasteiger partial charge < -0.3 is 5.11 Å². The molecule has 0 aliphatic rings. The summed E-state index contributed by atoms with van der Waals surface area (Å²) in [6.45, 7) is 3.07. The van der Waals surface area contributed by atoms with E-state index < -0.39 is 28.8 Å². The van der Waals surface area contributed by atoms with Crippen LogP contribution in [-0.2, 0) is 11.0 Å². The van der Waals surface area contributed by atoms with Crippen molar-refractivity contribution in [2.24, 2.45) is 0 Å². The second-order valence-electron chi connectivity index (χ2n) is 2.70. The molecule has 80 valence electrons. The number of aromatic nitrogens is 1. The molecule has 0 spiro atoms. The van der Waals surface area contributed by atoms with E-state index in [4.69, 9.17) is 5.11 Å². The van der Waals surface area contributed by atoms with E-state index in [-0.39, 0.29) is 0 Å². The molecule has 0 radical (unpaired) electrons. The van der Waals surface area contributed by atoms with Crippen molar-refractivity contribution < 1.29 is 23.1 Å². The maximum Gasteiger partial charge on any atom is 0.418 e. The van der Waals surface area contributed by atoms with Crippen LogP contribution in [0.25, 0.3) is 5.57 Å². The molecule has 6 heteroatoms. The summed E-state index contributed by atoms with van der Waals surface area (Å²) >= 11 is 0. The van der Waals surface area contributed by atoms with Gasteiger partial charge in [0, 0.05) is 18.0 Å². The molecule has 1 rings (SSSR count). The van der Waals surface area contributed by atoms with Gasteiger partial charge in [0.2, 0.25) is 0 Å². The zero-order chi connectivity index (χ0) is 11.6. The molecule has 1 aromatic rings. The molecule has 0 saturated heterocycles. The Morgan fingerprint density at radius 2 is 2.07 bits per heavy atom. The van der Waals surface area contributed by atoms with Crippen molar-refractivity contribution in [2.75, 3.05) is 0 Å². The Kier molecular flexibility index (Phi) is 2.78. The summed E-state index contributed by atoms with van der Waals surface area (Å²) < 4.78 is 37.2. The number of aliphatic carboxylic acids is 1.